The molecule has 1 amide bonds. The van der Waals surface area contributed by atoms with E-state index in [1.54, 1.807) is 24.3 Å². The van der Waals surface area contributed by atoms with Crippen molar-refractivity contribution in [2.45, 2.75) is 25.0 Å². The Kier molecular flexibility index (Phi) is 7.38. The lowest BCUT2D eigenvalue weighted by Crippen LogP contribution is -2.55. The fourth-order valence-electron chi connectivity index (χ4n) is 5.19. The van der Waals surface area contributed by atoms with E-state index in [1.807, 2.05) is 30.3 Å². The van der Waals surface area contributed by atoms with E-state index in [0.717, 1.165) is 5.56 Å². The number of hydrogen-bond donors (Lipinski definition) is 4. The highest BCUT2D eigenvalue weighted by atomic mass is 31.2. The van der Waals surface area contributed by atoms with Crippen LogP contribution in [0.1, 0.15) is 36.1 Å². The Balaban J connectivity index is 1.48. The number of aliphatic hydroxyl groups excluding tert-OH is 1. The molecule has 1 aliphatic heterocycles. The summed E-state index contributed by atoms with van der Waals surface area (Å²) in [6.45, 7) is 0. The molecule has 0 spiro atoms. The standard InChI is InChI=1S/C30H27FNO6P/c31-21-11-13-22(14-12-21)32-29(25(30(32)35)16-17-26(33)19-6-2-1-3-7-19)24-15-10-20(18-27(24)34)23-8-4-5-9-28(23)39(36,37)38/h1-15,18,25-26,29,33-34H,16-17H2,(H2,36,37,38). The Bertz CT molecular complexity index is 1540. The number of amides is 1. The van der Waals surface area contributed by atoms with Crippen molar-refractivity contribution in [2.75, 3.05) is 4.90 Å². The number of benzene rings is 4. The maximum absolute atomic E-state index is 13.6. The van der Waals surface area contributed by atoms with E-state index in [2.05, 4.69) is 0 Å². The largest absolute Gasteiger partial charge is 0.508 e. The highest BCUT2D eigenvalue weighted by Gasteiger charge is 2.49. The van der Waals surface area contributed by atoms with Crippen LogP contribution < -0.4 is 10.2 Å². The van der Waals surface area contributed by atoms with Crippen molar-refractivity contribution >= 4 is 24.5 Å². The molecule has 1 saturated heterocycles. The van der Waals surface area contributed by atoms with Crippen LogP contribution in [0.15, 0.2) is 97.1 Å². The predicted octanol–water partition coefficient (Wildman–Crippen LogP) is 5.22. The molecule has 3 atom stereocenters. The summed E-state index contributed by atoms with van der Waals surface area (Å²) in [5.74, 6) is -1.34. The molecule has 4 N–H and O–H groups in total. The maximum atomic E-state index is 13.6. The first-order valence-corrected chi connectivity index (χ1v) is 14.1. The van der Waals surface area contributed by atoms with Gasteiger partial charge in [0.05, 0.1) is 23.4 Å². The lowest BCUT2D eigenvalue weighted by Gasteiger charge is -2.48. The first kappa shape index (κ1) is 26.8. The molecule has 4 aromatic carbocycles. The predicted molar refractivity (Wildman–Crippen MR) is 146 cm³/mol. The van der Waals surface area contributed by atoms with Gasteiger partial charge in [-0.3, -0.25) is 9.36 Å². The van der Waals surface area contributed by atoms with Crippen molar-refractivity contribution in [2.24, 2.45) is 5.92 Å². The molecule has 1 aliphatic rings. The van der Waals surface area contributed by atoms with Gasteiger partial charge in [-0.15, -0.1) is 0 Å². The molecule has 4 aromatic rings. The smallest absolute Gasteiger partial charge is 0.356 e. The zero-order valence-corrected chi connectivity index (χ0v) is 21.7. The van der Waals surface area contributed by atoms with Crippen LogP contribution in [-0.4, -0.2) is 25.9 Å². The van der Waals surface area contributed by atoms with Crippen LogP contribution in [0.3, 0.4) is 0 Å². The summed E-state index contributed by atoms with van der Waals surface area (Å²) in [7, 11) is -4.57. The number of aromatic hydroxyl groups is 1. The molecule has 7 nitrogen and oxygen atoms in total. The molecule has 200 valence electrons. The van der Waals surface area contributed by atoms with Gasteiger partial charge in [0, 0.05) is 11.3 Å². The number of anilines is 1. The van der Waals surface area contributed by atoms with Gasteiger partial charge in [0.25, 0.3) is 0 Å². The minimum absolute atomic E-state index is 0.147. The molecule has 0 bridgehead atoms. The number of carbonyl (C=O) groups excluding carboxylic acids is 1. The average Bonchev–Trinajstić information content (AvgIpc) is 2.93. The van der Waals surface area contributed by atoms with E-state index in [4.69, 9.17) is 0 Å². The van der Waals surface area contributed by atoms with Crippen LogP contribution in [-0.2, 0) is 9.36 Å². The number of hydrogen-bond acceptors (Lipinski definition) is 4. The highest BCUT2D eigenvalue weighted by Crippen LogP contribution is 2.49. The Morgan fingerprint density at radius 3 is 2.23 bits per heavy atom. The third-order valence-electron chi connectivity index (χ3n) is 7.13. The van der Waals surface area contributed by atoms with Crippen LogP contribution in [0.25, 0.3) is 11.1 Å². The van der Waals surface area contributed by atoms with Gasteiger partial charge in [0.15, 0.2) is 0 Å². The molecule has 0 radical (unpaired) electrons. The van der Waals surface area contributed by atoms with Crippen molar-refractivity contribution < 1.29 is 33.7 Å². The summed E-state index contributed by atoms with van der Waals surface area (Å²) in [4.78, 5) is 34.4. The third kappa shape index (κ3) is 5.37. The van der Waals surface area contributed by atoms with Crippen molar-refractivity contribution in [1.82, 2.24) is 0 Å². The normalized spacial score (nSPS) is 18.1. The van der Waals surface area contributed by atoms with E-state index in [9.17, 15) is 33.7 Å². The van der Waals surface area contributed by atoms with Gasteiger partial charge in [0.2, 0.25) is 5.91 Å². The SMILES string of the molecule is O=C1C(CCC(O)c2ccccc2)C(c2ccc(-c3ccccc3P(=O)(O)O)cc2O)N1c1ccc(F)cc1. The maximum Gasteiger partial charge on any atom is 0.356 e. The van der Waals surface area contributed by atoms with Gasteiger partial charge in [0.1, 0.15) is 11.6 Å². The third-order valence-corrected chi connectivity index (χ3v) is 8.15. The van der Waals surface area contributed by atoms with Crippen molar-refractivity contribution in [1.29, 1.82) is 0 Å². The number of halogens is 1. The minimum atomic E-state index is -4.57. The van der Waals surface area contributed by atoms with Gasteiger partial charge in [-0.2, -0.15) is 0 Å². The lowest BCUT2D eigenvalue weighted by atomic mass is 9.77. The molecule has 9 heteroatoms. The zero-order valence-electron chi connectivity index (χ0n) is 20.8. The number of nitrogens with zero attached hydrogens (tertiary/aromatic N) is 1. The molecule has 3 unspecified atom stereocenters. The van der Waals surface area contributed by atoms with E-state index < -0.39 is 31.5 Å². The van der Waals surface area contributed by atoms with Crippen LogP contribution in [0.4, 0.5) is 10.1 Å². The summed E-state index contributed by atoms with van der Waals surface area (Å²) < 4.78 is 25.6. The summed E-state index contributed by atoms with van der Waals surface area (Å²) in [5.41, 5.74) is 2.35. The topological polar surface area (TPSA) is 118 Å². The molecular formula is C30H27FNO6P. The lowest BCUT2D eigenvalue weighted by molar-refractivity contribution is -0.131. The van der Waals surface area contributed by atoms with Crippen LogP contribution in [0, 0.1) is 11.7 Å². The molecule has 0 saturated carbocycles. The Morgan fingerprint density at radius 2 is 1.56 bits per heavy atom. The second kappa shape index (κ2) is 10.8. The quantitative estimate of drug-likeness (QED) is 0.178. The summed E-state index contributed by atoms with van der Waals surface area (Å²) in [5, 5.41) is 21.6. The van der Waals surface area contributed by atoms with Crippen molar-refractivity contribution in [3.63, 3.8) is 0 Å². The van der Waals surface area contributed by atoms with E-state index >= 15 is 0 Å². The van der Waals surface area contributed by atoms with Gasteiger partial charge in [-0.25, -0.2) is 4.39 Å². The monoisotopic (exact) mass is 547 g/mol. The first-order valence-electron chi connectivity index (χ1n) is 12.4. The van der Waals surface area contributed by atoms with Gasteiger partial charge in [-0.05, 0) is 65.9 Å². The van der Waals surface area contributed by atoms with Crippen molar-refractivity contribution in [3.05, 3.63) is 114 Å². The molecular weight excluding hydrogens is 520 g/mol. The van der Waals surface area contributed by atoms with Crippen molar-refractivity contribution in [3.8, 4) is 16.9 Å². The van der Waals surface area contributed by atoms with Gasteiger partial charge >= 0.3 is 7.60 Å². The summed E-state index contributed by atoms with van der Waals surface area (Å²) in [6, 6.07) is 24.9. The highest BCUT2D eigenvalue weighted by molar-refractivity contribution is 7.60. The Labute approximate surface area is 225 Å². The van der Waals surface area contributed by atoms with Crippen LogP contribution >= 0.6 is 7.60 Å². The second-order valence-corrected chi connectivity index (χ2v) is 11.1. The van der Waals surface area contributed by atoms with E-state index in [1.165, 1.54) is 47.4 Å². The Morgan fingerprint density at radius 1 is 0.897 bits per heavy atom. The first-order chi connectivity index (χ1) is 18.6. The summed E-state index contributed by atoms with van der Waals surface area (Å²) >= 11 is 0. The minimum Gasteiger partial charge on any atom is -0.508 e. The number of phenols is 1. The number of phenolic OH excluding ortho intramolecular Hbond substituents is 1. The summed E-state index contributed by atoms with van der Waals surface area (Å²) in [6.07, 6.45) is -0.0954. The van der Waals surface area contributed by atoms with Crippen LogP contribution in [0.2, 0.25) is 0 Å². The van der Waals surface area contributed by atoms with Gasteiger partial charge in [-0.1, -0.05) is 60.7 Å². The van der Waals surface area contributed by atoms with Gasteiger partial charge < -0.3 is 24.9 Å². The van der Waals surface area contributed by atoms with E-state index in [-0.39, 0.29) is 22.5 Å². The van der Waals surface area contributed by atoms with E-state index in [0.29, 0.717) is 29.7 Å². The average molecular weight is 548 g/mol. The molecule has 39 heavy (non-hydrogen) atoms. The molecule has 0 aromatic heterocycles. The second-order valence-electron chi connectivity index (χ2n) is 9.57. The molecule has 1 fully saturated rings. The fourth-order valence-corrected chi connectivity index (χ4v) is 5.99. The molecule has 0 aliphatic carbocycles. The Hall–Kier alpha value is -3.81. The number of carbonyl (C=O) groups is 1. The number of aliphatic hydroxyl groups is 1. The number of rotatable bonds is 8. The molecule has 5 rings (SSSR count). The van der Waals surface area contributed by atoms with Crippen LogP contribution in [0.5, 0.6) is 5.75 Å². The fraction of sp³-hybridized carbons (Fsp3) is 0.167. The number of β-lactam (4-membered cyclic amide) rings is 1. The molecule has 1 heterocycles. The zero-order chi connectivity index (χ0) is 27.7.